The molecule has 8 aromatic heterocycles. The summed E-state index contributed by atoms with van der Waals surface area (Å²) >= 11 is 3.50. The van der Waals surface area contributed by atoms with E-state index in [9.17, 15) is 14.9 Å². The third-order valence-corrected chi connectivity index (χ3v) is 24.1. The van der Waals surface area contributed by atoms with Crippen molar-refractivity contribution in [3.05, 3.63) is 381 Å². The quantitative estimate of drug-likeness (QED) is 0.150. The van der Waals surface area contributed by atoms with Gasteiger partial charge in [-0.2, -0.15) is 10.5 Å². The summed E-state index contributed by atoms with van der Waals surface area (Å²) in [5.74, 6) is 2.30. The van der Waals surface area contributed by atoms with Gasteiger partial charge in [0.1, 0.15) is 18.0 Å². The number of thiophene rings is 2. The summed E-state index contributed by atoms with van der Waals surface area (Å²) in [5.41, 5.74) is 12.4. The minimum atomic E-state index is -0.571. The van der Waals surface area contributed by atoms with Crippen LogP contribution in [0.1, 0.15) is 24.8 Å². The number of aromatic amines is 1. The number of fused-ring (bicyclic) bond motifs is 20. The Balaban J connectivity index is 0.000000126. The number of hydrogen-bond acceptors (Lipinski definition) is 10. The second kappa shape index (κ2) is 28.9. The van der Waals surface area contributed by atoms with Gasteiger partial charge in [0.05, 0.1) is 69.1 Å². The van der Waals surface area contributed by atoms with Gasteiger partial charge in [0.25, 0.3) is 0 Å². The van der Waals surface area contributed by atoms with Crippen LogP contribution in [0.2, 0.25) is 0 Å². The Morgan fingerprint density at radius 3 is 1.23 bits per heavy atom. The van der Waals surface area contributed by atoms with E-state index in [0.717, 1.165) is 109 Å². The van der Waals surface area contributed by atoms with Crippen LogP contribution in [-0.4, -0.2) is 48.6 Å². The molecule has 0 aliphatic heterocycles. The van der Waals surface area contributed by atoms with E-state index in [1.165, 1.54) is 41.7 Å². The molecule has 0 bridgehead atoms. The zero-order chi connectivity index (χ0) is 87.9. The number of H-pyrrole nitrogens is 1. The van der Waals surface area contributed by atoms with Gasteiger partial charge in [-0.25, -0.2) is 34.3 Å². The van der Waals surface area contributed by atoms with E-state index in [4.69, 9.17) is 38.6 Å². The van der Waals surface area contributed by atoms with Crippen LogP contribution in [0.15, 0.2) is 364 Å². The van der Waals surface area contributed by atoms with E-state index < -0.39 is 30.0 Å². The number of nitriles is 2. The largest absolute Gasteiger partial charge is 0.354 e. The molecule has 15 heteroatoms. The first kappa shape index (κ1) is 59.8. The molecule has 12 nitrogen and oxygen atoms in total. The fraction of sp³-hybridized carbons (Fsp3) is 0. The number of halogens is 1. The third kappa shape index (κ3) is 12.0. The number of hydrogen-bond donors (Lipinski definition) is 1. The van der Waals surface area contributed by atoms with E-state index in [0.29, 0.717) is 68.4 Å². The molecular formula is C104H61FN12S2. The van der Waals surface area contributed by atoms with Gasteiger partial charge in [0.2, 0.25) is 0 Å². The lowest BCUT2D eigenvalue weighted by Crippen LogP contribution is -2.02. The predicted molar refractivity (Wildman–Crippen MR) is 486 cm³/mol. The van der Waals surface area contributed by atoms with Crippen molar-refractivity contribution in [2.24, 2.45) is 0 Å². The Labute approximate surface area is 701 Å². The molecule has 0 atom stereocenters. The molecule has 24 aromatic rings. The smallest absolute Gasteiger partial charge is 0.164 e. The van der Waals surface area contributed by atoms with Crippen molar-refractivity contribution in [1.82, 2.24) is 48.6 Å². The Kier molecular flexibility index (Phi) is 14.5. The molecule has 8 heterocycles. The van der Waals surface area contributed by atoms with Crippen molar-refractivity contribution in [1.29, 1.82) is 10.5 Å². The summed E-state index contributed by atoms with van der Waals surface area (Å²) in [5, 5.41) is 32.6. The van der Waals surface area contributed by atoms with E-state index in [1.54, 1.807) is 37.9 Å². The summed E-state index contributed by atoms with van der Waals surface area (Å²) in [4.78, 5) is 32.7. The number of para-hydroxylation sites is 6. The number of aromatic nitrogens is 10. The van der Waals surface area contributed by atoms with E-state index in [-0.39, 0.29) is 53.2 Å². The van der Waals surface area contributed by atoms with Crippen molar-refractivity contribution < 1.29 is 18.1 Å². The normalized spacial score (nSPS) is 12.7. The number of nitrogens with zero attached hydrogens (tertiary/aromatic N) is 11. The van der Waals surface area contributed by atoms with Crippen LogP contribution in [-0.2, 0) is 0 Å². The maximum absolute atomic E-state index is 13.9. The Morgan fingerprint density at radius 1 is 0.303 bits per heavy atom. The van der Waals surface area contributed by atoms with Crippen LogP contribution < -0.4 is 0 Å². The highest BCUT2D eigenvalue weighted by Gasteiger charge is 2.25. The molecule has 119 heavy (non-hydrogen) atoms. The second-order valence-corrected chi connectivity index (χ2v) is 30.7. The molecule has 0 spiro atoms. The first-order chi connectivity index (χ1) is 63.0. The third-order valence-electron chi connectivity index (χ3n) is 21.8. The van der Waals surface area contributed by atoms with Gasteiger partial charge in [-0.05, 0) is 145 Å². The monoisotopic (exact) mass is 1570 g/mol. The minimum absolute atomic E-state index is 0.0492. The topological polar surface area (TPSA) is 156 Å². The molecular weight excluding hydrogens is 1500 g/mol. The summed E-state index contributed by atoms with van der Waals surface area (Å²) in [7, 11) is 0. The summed E-state index contributed by atoms with van der Waals surface area (Å²) < 4.78 is 109. The highest BCUT2D eigenvalue weighted by atomic mass is 32.1. The Hall–Kier alpha value is -15.9. The highest BCUT2D eigenvalue weighted by molar-refractivity contribution is 7.26. The standard InChI is InChI=1S/C52H30N6S.C28H15FN4S.C24H16N2/c53-31-35-29-33(51-54-50(32-13-3-1-4-14-32)55-52(56-51)34-24-28-47-41(30-34)38-18-9-12-22-46(38)59-47)23-26-42(35)58-43-20-10-7-17-37(43)39-25-27-45-48(49(39)58)40-19-8-11-21-44(40)57(45)36-15-5-2-6-16-36;29-23-12-10-18(14-20(23)16-30)27-31-26(17-6-2-1-3-7-17)32-28(33-27)19-11-13-25-22(15-19)21-8-4-5-9-24(21)34-25;1-2-8-16(9-3-1)26-21-13-7-5-11-19(21)23-22(26)15-14-18-17-10-4-6-12-20(17)25-24(18)23/h1-30H;1-15H;1-15,25H/i2D,5D,6D,15D,16D;;1D,2D,3D,8D,9D. The van der Waals surface area contributed by atoms with Crippen molar-refractivity contribution in [3.63, 3.8) is 0 Å². The maximum atomic E-state index is 13.9. The second-order valence-electron chi connectivity index (χ2n) is 28.5. The van der Waals surface area contributed by atoms with E-state index in [2.05, 4.69) is 93.4 Å². The number of nitrogens with one attached hydrogen (secondary N) is 1. The molecule has 0 saturated carbocycles. The van der Waals surface area contributed by atoms with Crippen LogP contribution in [0.25, 0.3) is 213 Å². The average Bonchev–Trinajstić information content (AvgIpc) is 1.54. The van der Waals surface area contributed by atoms with Crippen LogP contribution in [0.4, 0.5) is 4.39 Å². The van der Waals surface area contributed by atoms with Gasteiger partial charge in [0, 0.05) is 134 Å². The molecule has 0 aliphatic rings. The lowest BCUT2D eigenvalue weighted by molar-refractivity contribution is 0.624. The Morgan fingerprint density at radius 2 is 0.697 bits per heavy atom. The lowest BCUT2D eigenvalue weighted by atomic mass is 10.1. The highest BCUT2D eigenvalue weighted by Crippen LogP contribution is 2.46. The van der Waals surface area contributed by atoms with Gasteiger partial charge in [-0.3, -0.25) is 0 Å². The zero-order valence-corrected chi connectivity index (χ0v) is 64.1. The average molecular weight is 1570 g/mol. The molecule has 16 aromatic carbocycles. The van der Waals surface area contributed by atoms with Crippen molar-refractivity contribution in [2.45, 2.75) is 0 Å². The number of rotatable bonds is 9. The Bertz CT molecular complexity index is 8920. The van der Waals surface area contributed by atoms with Crippen LogP contribution >= 0.6 is 22.7 Å². The first-order valence-corrected chi connectivity index (χ1v) is 39.8. The fourth-order valence-corrected chi connectivity index (χ4v) is 18.6. The van der Waals surface area contributed by atoms with Gasteiger partial charge in [-0.1, -0.05) is 218 Å². The van der Waals surface area contributed by atoms with Crippen LogP contribution in [0.3, 0.4) is 0 Å². The van der Waals surface area contributed by atoms with Gasteiger partial charge in [-0.15, -0.1) is 22.7 Å². The van der Waals surface area contributed by atoms with Crippen molar-refractivity contribution in [2.75, 3.05) is 0 Å². The SMILES string of the molecule is N#Cc1cc(-c2nc(-c3ccccc3)nc(-c3ccc4sc5ccccc5c4c3)n2)ccc1F.[2H]c1c([2H])c([2H])c(-n2c3ccccc3c3c2ccc2c4ccccc4n(-c4ccc(-c5nc(-c6ccccc6)nc(-c6ccc7sc8ccccc8c7c6)n5)cc4C#N)c23)c([2H])c1[2H].[2H]c1c([2H])c([2H])c(-n2c3ccccc3c3c4[nH]c5ccccc5c4ccc32)c([2H])c1[2H]. The molecule has 0 aliphatic carbocycles. The zero-order valence-electron chi connectivity index (χ0n) is 72.5. The van der Waals surface area contributed by atoms with E-state index in [1.807, 2.05) is 218 Å². The molecule has 0 radical (unpaired) electrons. The minimum Gasteiger partial charge on any atom is -0.354 e. The molecule has 0 saturated heterocycles. The molecule has 1 N–H and O–H groups in total. The summed E-state index contributed by atoms with van der Waals surface area (Å²) in [6.07, 6.45) is 0. The van der Waals surface area contributed by atoms with Crippen molar-refractivity contribution >= 4 is 150 Å². The fourth-order valence-electron chi connectivity index (χ4n) is 16.5. The first-order valence-electron chi connectivity index (χ1n) is 43.2. The molecule has 0 amide bonds. The maximum Gasteiger partial charge on any atom is 0.164 e. The number of benzene rings is 16. The van der Waals surface area contributed by atoms with Crippen molar-refractivity contribution in [3.8, 4) is 97.5 Å². The molecule has 24 rings (SSSR count). The molecule has 0 fully saturated rings. The lowest BCUT2D eigenvalue weighted by Gasteiger charge is -2.13. The van der Waals surface area contributed by atoms with Crippen LogP contribution in [0, 0.1) is 28.5 Å². The predicted octanol–water partition coefficient (Wildman–Crippen LogP) is 27.0. The van der Waals surface area contributed by atoms with Crippen LogP contribution in [0.5, 0.6) is 0 Å². The molecule has 556 valence electrons. The molecule has 0 unspecified atom stereocenters. The van der Waals surface area contributed by atoms with Gasteiger partial charge in [0.15, 0.2) is 34.9 Å². The summed E-state index contributed by atoms with van der Waals surface area (Å²) in [6.45, 7) is 0. The van der Waals surface area contributed by atoms with E-state index >= 15 is 0 Å². The summed E-state index contributed by atoms with van der Waals surface area (Å²) in [6, 6.07) is 99.3. The van der Waals surface area contributed by atoms with Gasteiger partial charge < -0.3 is 18.7 Å². The van der Waals surface area contributed by atoms with Gasteiger partial charge >= 0.3 is 0 Å².